The monoisotopic (exact) mass is 253 g/mol. The molecule has 1 aromatic carbocycles. The van der Waals surface area contributed by atoms with Crippen molar-refractivity contribution in [1.82, 2.24) is 20.1 Å². The average Bonchev–Trinajstić information content (AvgIpc) is 2.92. The zero-order chi connectivity index (χ0) is 13.2. The summed E-state index contributed by atoms with van der Waals surface area (Å²) in [4.78, 5) is 12.2. The van der Waals surface area contributed by atoms with Crippen molar-refractivity contribution in [3.8, 4) is 23.0 Å². The molecule has 19 heavy (non-hydrogen) atoms. The molecule has 6 heteroatoms. The number of nitrogen functional groups attached to an aromatic ring is 1. The van der Waals surface area contributed by atoms with E-state index in [-0.39, 0.29) is 0 Å². The number of para-hydroxylation sites is 1. The normalized spacial score (nSPS) is 10.6. The Morgan fingerprint density at radius 3 is 2.89 bits per heavy atom. The Morgan fingerprint density at radius 1 is 1.21 bits per heavy atom. The van der Waals surface area contributed by atoms with Gasteiger partial charge in [-0.3, -0.25) is 0 Å². The lowest BCUT2D eigenvalue weighted by Crippen LogP contribution is -1.93. The van der Waals surface area contributed by atoms with E-state index in [0.717, 1.165) is 11.1 Å². The molecule has 0 radical (unpaired) electrons. The molecule has 2 N–H and O–H groups in total. The van der Waals surface area contributed by atoms with E-state index in [1.807, 2.05) is 25.1 Å². The first-order chi connectivity index (χ1) is 9.25. The van der Waals surface area contributed by atoms with Crippen molar-refractivity contribution in [3.63, 3.8) is 0 Å². The van der Waals surface area contributed by atoms with Gasteiger partial charge in [0, 0.05) is 11.9 Å². The molecule has 3 rings (SSSR count). The molecule has 0 aliphatic heterocycles. The fourth-order valence-corrected chi connectivity index (χ4v) is 1.73. The van der Waals surface area contributed by atoms with Gasteiger partial charge in [0.25, 0.3) is 5.89 Å². The third-order valence-electron chi connectivity index (χ3n) is 2.79. The predicted octanol–water partition coefficient (Wildman–Crippen LogP) is 2.08. The standard InChI is InChI=1S/C13H11N5O/c1-8-3-2-4-9(11(8)14)13-17-12(18-19-13)10-5-6-15-7-16-10/h2-7H,14H2,1H3. The van der Waals surface area contributed by atoms with Crippen LogP contribution >= 0.6 is 0 Å². The molecule has 2 heterocycles. The van der Waals surface area contributed by atoms with E-state index in [2.05, 4.69) is 20.1 Å². The van der Waals surface area contributed by atoms with Gasteiger partial charge in [-0.15, -0.1) is 0 Å². The van der Waals surface area contributed by atoms with Crippen molar-refractivity contribution in [2.75, 3.05) is 5.73 Å². The highest BCUT2D eigenvalue weighted by molar-refractivity contribution is 5.73. The zero-order valence-corrected chi connectivity index (χ0v) is 10.2. The second kappa shape index (κ2) is 4.49. The summed E-state index contributed by atoms with van der Waals surface area (Å²) in [5, 5.41) is 3.90. The fraction of sp³-hybridized carbons (Fsp3) is 0.0769. The number of nitrogens with zero attached hydrogens (tertiary/aromatic N) is 4. The molecule has 0 unspecified atom stereocenters. The molecule has 0 bridgehead atoms. The summed E-state index contributed by atoms with van der Waals surface area (Å²) in [6.45, 7) is 1.93. The van der Waals surface area contributed by atoms with Gasteiger partial charge in [-0.1, -0.05) is 17.3 Å². The summed E-state index contributed by atoms with van der Waals surface area (Å²) in [5.41, 5.74) is 8.96. The summed E-state index contributed by atoms with van der Waals surface area (Å²) >= 11 is 0. The van der Waals surface area contributed by atoms with Crippen molar-refractivity contribution >= 4 is 5.69 Å². The largest absolute Gasteiger partial charge is 0.398 e. The molecule has 0 atom stereocenters. The van der Waals surface area contributed by atoms with Gasteiger partial charge < -0.3 is 10.3 Å². The van der Waals surface area contributed by atoms with E-state index in [9.17, 15) is 0 Å². The van der Waals surface area contributed by atoms with Crippen LogP contribution in [0.2, 0.25) is 0 Å². The maximum absolute atomic E-state index is 6.01. The number of anilines is 1. The van der Waals surface area contributed by atoms with Crippen molar-refractivity contribution in [2.24, 2.45) is 0 Å². The van der Waals surface area contributed by atoms with Crippen LogP contribution in [0.5, 0.6) is 0 Å². The second-order valence-electron chi connectivity index (χ2n) is 4.05. The van der Waals surface area contributed by atoms with Crippen LogP contribution in [0.4, 0.5) is 5.69 Å². The third-order valence-corrected chi connectivity index (χ3v) is 2.79. The fourth-order valence-electron chi connectivity index (χ4n) is 1.73. The van der Waals surface area contributed by atoms with Crippen LogP contribution in [0.25, 0.3) is 23.0 Å². The topological polar surface area (TPSA) is 90.7 Å². The maximum Gasteiger partial charge on any atom is 0.260 e. The zero-order valence-electron chi connectivity index (χ0n) is 10.2. The van der Waals surface area contributed by atoms with E-state index >= 15 is 0 Å². The van der Waals surface area contributed by atoms with Gasteiger partial charge >= 0.3 is 0 Å². The highest BCUT2D eigenvalue weighted by atomic mass is 16.5. The molecule has 0 amide bonds. The molecule has 3 aromatic rings. The maximum atomic E-state index is 6.01. The predicted molar refractivity (Wildman–Crippen MR) is 69.9 cm³/mol. The molecule has 0 spiro atoms. The van der Waals surface area contributed by atoms with Crippen molar-refractivity contribution < 1.29 is 4.52 Å². The minimum atomic E-state index is 0.384. The van der Waals surface area contributed by atoms with Crippen LogP contribution < -0.4 is 5.73 Å². The summed E-state index contributed by atoms with van der Waals surface area (Å²) in [5.74, 6) is 0.799. The van der Waals surface area contributed by atoms with Crippen molar-refractivity contribution in [1.29, 1.82) is 0 Å². The number of aromatic nitrogens is 4. The molecule has 6 nitrogen and oxygen atoms in total. The first-order valence-electron chi connectivity index (χ1n) is 5.71. The molecule has 94 valence electrons. The van der Waals surface area contributed by atoms with Crippen LogP contribution in [-0.2, 0) is 0 Å². The Kier molecular flexibility index (Phi) is 2.68. The number of rotatable bonds is 2. The minimum Gasteiger partial charge on any atom is -0.398 e. The lowest BCUT2D eigenvalue weighted by Gasteiger charge is -2.02. The highest BCUT2D eigenvalue weighted by Crippen LogP contribution is 2.28. The number of hydrogen-bond acceptors (Lipinski definition) is 6. The van der Waals surface area contributed by atoms with Gasteiger partial charge in [0.15, 0.2) is 0 Å². The van der Waals surface area contributed by atoms with E-state index in [1.165, 1.54) is 6.33 Å². The van der Waals surface area contributed by atoms with Gasteiger partial charge in [-0.2, -0.15) is 4.98 Å². The van der Waals surface area contributed by atoms with Crippen LogP contribution in [0.3, 0.4) is 0 Å². The van der Waals surface area contributed by atoms with Gasteiger partial charge in [0.2, 0.25) is 5.82 Å². The Bertz CT molecular complexity index is 708. The van der Waals surface area contributed by atoms with Crippen molar-refractivity contribution in [2.45, 2.75) is 6.92 Å². The summed E-state index contributed by atoms with van der Waals surface area (Å²) < 4.78 is 5.24. The Morgan fingerprint density at radius 2 is 2.11 bits per heavy atom. The molecular formula is C13H11N5O. The van der Waals surface area contributed by atoms with E-state index in [0.29, 0.717) is 23.1 Å². The van der Waals surface area contributed by atoms with Crippen LogP contribution in [0.1, 0.15) is 5.56 Å². The first-order valence-corrected chi connectivity index (χ1v) is 5.71. The number of aryl methyl sites for hydroxylation is 1. The number of nitrogens with two attached hydrogens (primary N) is 1. The van der Waals surface area contributed by atoms with Crippen LogP contribution in [-0.4, -0.2) is 20.1 Å². The van der Waals surface area contributed by atoms with Gasteiger partial charge in [-0.25, -0.2) is 9.97 Å². The lowest BCUT2D eigenvalue weighted by atomic mass is 10.1. The first kappa shape index (κ1) is 11.3. The van der Waals surface area contributed by atoms with E-state index in [4.69, 9.17) is 10.3 Å². The molecule has 0 aliphatic rings. The van der Waals surface area contributed by atoms with Crippen LogP contribution in [0.15, 0.2) is 41.3 Å². The van der Waals surface area contributed by atoms with Crippen molar-refractivity contribution in [3.05, 3.63) is 42.4 Å². The molecule has 0 aliphatic carbocycles. The highest BCUT2D eigenvalue weighted by Gasteiger charge is 2.14. The van der Waals surface area contributed by atoms with E-state index in [1.54, 1.807) is 12.3 Å². The van der Waals surface area contributed by atoms with Crippen LogP contribution in [0, 0.1) is 6.92 Å². The number of hydrogen-bond donors (Lipinski definition) is 1. The second-order valence-corrected chi connectivity index (χ2v) is 4.05. The Labute approximate surface area is 109 Å². The summed E-state index contributed by atoms with van der Waals surface area (Å²) in [6.07, 6.45) is 3.06. The average molecular weight is 253 g/mol. The molecular weight excluding hydrogens is 242 g/mol. The molecule has 0 saturated heterocycles. The Balaban J connectivity index is 2.05. The van der Waals surface area contributed by atoms with Gasteiger partial charge in [0.05, 0.1) is 5.56 Å². The molecule has 0 fully saturated rings. The lowest BCUT2D eigenvalue weighted by molar-refractivity contribution is 0.432. The molecule has 2 aromatic heterocycles. The third kappa shape index (κ3) is 2.03. The summed E-state index contributed by atoms with van der Waals surface area (Å²) in [7, 11) is 0. The van der Waals surface area contributed by atoms with Gasteiger partial charge in [0.1, 0.15) is 12.0 Å². The van der Waals surface area contributed by atoms with Gasteiger partial charge in [-0.05, 0) is 24.6 Å². The van der Waals surface area contributed by atoms with E-state index < -0.39 is 0 Å². The SMILES string of the molecule is Cc1cccc(-c2nc(-c3ccncn3)no2)c1N. The molecule has 0 saturated carbocycles. The Hall–Kier alpha value is -2.76. The smallest absolute Gasteiger partial charge is 0.260 e. The minimum absolute atomic E-state index is 0.384. The number of benzene rings is 1. The summed E-state index contributed by atoms with van der Waals surface area (Å²) in [6, 6.07) is 7.39. The quantitative estimate of drug-likeness (QED) is 0.703.